The molecule has 0 saturated heterocycles. The third kappa shape index (κ3) is 4.33. The second-order valence-corrected chi connectivity index (χ2v) is 5.93. The molecule has 0 amide bonds. The standard InChI is InChI=1S/C7HClF6N2O5S/c8-22(19,20)2-1-3(16(17)18)15-5(21-7(12,13)14)4(2)6(9,10)11/h1H. The number of hydrogen-bond acceptors (Lipinski definition) is 6. The highest BCUT2D eigenvalue weighted by molar-refractivity contribution is 8.13. The minimum atomic E-state index is -5.71. The van der Waals surface area contributed by atoms with E-state index in [0.29, 0.717) is 0 Å². The molecule has 0 N–H and O–H groups in total. The van der Waals surface area contributed by atoms with Gasteiger partial charge in [0.25, 0.3) is 9.05 Å². The summed E-state index contributed by atoms with van der Waals surface area (Å²) >= 11 is 0. The van der Waals surface area contributed by atoms with Crippen molar-refractivity contribution in [3.8, 4) is 5.88 Å². The first-order valence-corrected chi connectivity index (χ1v) is 6.91. The molecule has 0 aromatic carbocycles. The number of nitrogens with zero attached hydrogens (tertiary/aromatic N) is 2. The number of rotatable bonds is 3. The van der Waals surface area contributed by atoms with Crippen molar-refractivity contribution in [3.05, 3.63) is 21.7 Å². The number of pyridine rings is 1. The summed E-state index contributed by atoms with van der Waals surface area (Å²) < 4.78 is 99.6. The van der Waals surface area contributed by atoms with Crippen molar-refractivity contribution in [2.24, 2.45) is 0 Å². The first kappa shape index (κ1) is 18.2. The maximum Gasteiger partial charge on any atom is 0.575 e. The molecule has 15 heteroatoms. The summed E-state index contributed by atoms with van der Waals surface area (Å²) in [6.45, 7) is 0. The van der Waals surface area contributed by atoms with Crippen molar-refractivity contribution >= 4 is 25.6 Å². The monoisotopic (exact) mass is 374 g/mol. The molecular formula is C7HClF6N2O5S. The molecule has 7 nitrogen and oxygen atoms in total. The molecule has 0 bridgehead atoms. The van der Waals surface area contributed by atoms with Crippen LogP contribution in [0.2, 0.25) is 0 Å². The van der Waals surface area contributed by atoms with E-state index in [1.807, 2.05) is 0 Å². The summed E-state index contributed by atoms with van der Waals surface area (Å²) in [5, 5.41) is 10.4. The van der Waals surface area contributed by atoms with E-state index in [1.165, 1.54) is 0 Å². The highest BCUT2D eigenvalue weighted by atomic mass is 35.7. The van der Waals surface area contributed by atoms with Crippen LogP contribution in [-0.2, 0) is 15.2 Å². The average Bonchev–Trinajstić information content (AvgIpc) is 2.22. The summed E-state index contributed by atoms with van der Waals surface area (Å²) in [5.41, 5.74) is -2.51. The minimum Gasteiger partial charge on any atom is -0.366 e. The van der Waals surface area contributed by atoms with Crippen LogP contribution in [0.1, 0.15) is 5.56 Å². The molecule has 1 heterocycles. The Bertz CT molecular complexity index is 715. The molecule has 0 atom stereocenters. The summed E-state index contributed by atoms with van der Waals surface area (Å²) in [4.78, 5) is 9.36. The highest BCUT2D eigenvalue weighted by Crippen LogP contribution is 2.43. The molecule has 0 fully saturated rings. The van der Waals surface area contributed by atoms with Crippen LogP contribution in [-0.4, -0.2) is 24.7 Å². The number of halogens is 7. The van der Waals surface area contributed by atoms with Gasteiger partial charge in [-0.05, 0) is 4.92 Å². The van der Waals surface area contributed by atoms with Gasteiger partial charge in [0.1, 0.15) is 4.90 Å². The second-order valence-electron chi connectivity index (χ2n) is 3.40. The molecule has 0 radical (unpaired) electrons. The molecule has 124 valence electrons. The second kappa shape index (κ2) is 5.42. The Kier molecular flexibility index (Phi) is 4.49. The number of alkyl halides is 6. The molecule has 0 saturated carbocycles. The first-order valence-electron chi connectivity index (χ1n) is 4.60. The van der Waals surface area contributed by atoms with E-state index in [2.05, 4.69) is 20.4 Å². The van der Waals surface area contributed by atoms with Crippen LogP contribution >= 0.6 is 10.7 Å². The van der Waals surface area contributed by atoms with E-state index in [4.69, 9.17) is 0 Å². The quantitative estimate of drug-likeness (QED) is 0.349. The molecule has 0 aliphatic rings. The van der Waals surface area contributed by atoms with Gasteiger partial charge in [-0.2, -0.15) is 13.2 Å². The summed E-state index contributed by atoms with van der Waals surface area (Å²) in [6.07, 6.45) is -11.4. The predicted molar refractivity (Wildman–Crippen MR) is 55.6 cm³/mol. The van der Waals surface area contributed by atoms with Gasteiger partial charge in [0.15, 0.2) is 5.56 Å². The van der Waals surface area contributed by atoms with Crippen molar-refractivity contribution in [1.82, 2.24) is 4.98 Å². The molecule has 1 aromatic rings. The number of ether oxygens (including phenoxy) is 1. The SMILES string of the molecule is O=[N+]([O-])c1cc(S(=O)(=O)Cl)c(C(F)(F)F)c(OC(F)(F)F)n1. The zero-order valence-electron chi connectivity index (χ0n) is 9.57. The fourth-order valence-electron chi connectivity index (χ4n) is 1.22. The maximum atomic E-state index is 12.8. The number of nitro groups is 1. The van der Waals surface area contributed by atoms with Crippen molar-refractivity contribution in [2.45, 2.75) is 17.4 Å². The third-order valence-corrected chi connectivity index (χ3v) is 3.23. The molecule has 0 aliphatic carbocycles. The zero-order chi connectivity index (χ0) is 17.5. The van der Waals surface area contributed by atoms with Gasteiger partial charge in [0, 0.05) is 15.7 Å². The van der Waals surface area contributed by atoms with E-state index in [-0.39, 0.29) is 6.07 Å². The van der Waals surface area contributed by atoms with Gasteiger partial charge >= 0.3 is 24.2 Å². The van der Waals surface area contributed by atoms with E-state index in [1.54, 1.807) is 0 Å². The van der Waals surface area contributed by atoms with Crippen LogP contribution in [0, 0.1) is 10.1 Å². The normalized spacial score (nSPS) is 13.0. The van der Waals surface area contributed by atoms with Crippen LogP contribution in [0.5, 0.6) is 5.88 Å². The number of hydrogen-bond donors (Lipinski definition) is 0. The van der Waals surface area contributed by atoms with Gasteiger partial charge in [-0.3, -0.25) is 0 Å². The Hall–Kier alpha value is -1.83. The molecule has 0 unspecified atom stereocenters. The third-order valence-electron chi connectivity index (χ3n) is 1.88. The zero-order valence-corrected chi connectivity index (χ0v) is 11.1. The topological polar surface area (TPSA) is 99.4 Å². The summed E-state index contributed by atoms with van der Waals surface area (Å²) in [6, 6.07) is -0.228. The van der Waals surface area contributed by atoms with Crippen LogP contribution < -0.4 is 4.74 Å². The van der Waals surface area contributed by atoms with E-state index < -0.39 is 48.7 Å². The Morgan fingerprint density at radius 1 is 1.23 bits per heavy atom. The van der Waals surface area contributed by atoms with E-state index in [0.717, 1.165) is 0 Å². The number of aromatic nitrogens is 1. The Labute approximate surface area is 121 Å². The lowest BCUT2D eigenvalue weighted by molar-refractivity contribution is -0.390. The average molecular weight is 375 g/mol. The Morgan fingerprint density at radius 2 is 1.73 bits per heavy atom. The van der Waals surface area contributed by atoms with Gasteiger partial charge in [0.05, 0.1) is 6.07 Å². The van der Waals surface area contributed by atoms with Crippen LogP contribution in [0.4, 0.5) is 32.2 Å². The Balaban J connectivity index is 3.86. The van der Waals surface area contributed by atoms with Gasteiger partial charge in [0.2, 0.25) is 0 Å². The Morgan fingerprint density at radius 3 is 2.05 bits per heavy atom. The van der Waals surface area contributed by atoms with Crippen LogP contribution in [0.25, 0.3) is 0 Å². The highest BCUT2D eigenvalue weighted by Gasteiger charge is 2.48. The van der Waals surface area contributed by atoms with Gasteiger partial charge in [-0.15, -0.1) is 13.2 Å². The van der Waals surface area contributed by atoms with Crippen molar-refractivity contribution in [2.75, 3.05) is 0 Å². The molecule has 0 spiro atoms. The lowest BCUT2D eigenvalue weighted by atomic mass is 10.2. The van der Waals surface area contributed by atoms with Gasteiger partial charge in [-0.25, -0.2) is 8.42 Å². The van der Waals surface area contributed by atoms with Crippen LogP contribution in [0.3, 0.4) is 0 Å². The molecular weight excluding hydrogens is 374 g/mol. The fraction of sp³-hybridized carbons (Fsp3) is 0.286. The van der Waals surface area contributed by atoms with Crippen molar-refractivity contribution in [3.63, 3.8) is 0 Å². The lowest BCUT2D eigenvalue weighted by Gasteiger charge is -2.13. The molecule has 1 rings (SSSR count). The molecule has 1 aromatic heterocycles. The van der Waals surface area contributed by atoms with Gasteiger partial charge < -0.3 is 14.9 Å². The fourth-order valence-corrected chi connectivity index (χ4v) is 2.28. The molecule has 0 aliphatic heterocycles. The van der Waals surface area contributed by atoms with Crippen molar-refractivity contribution in [1.29, 1.82) is 0 Å². The summed E-state index contributed by atoms with van der Waals surface area (Å²) in [5.74, 6) is -3.99. The van der Waals surface area contributed by atoms with E-state index >= 15 is 0 Å². The smallest absolute Gasteiger partial charge is 0.366 e. The lowest BCUT2D eigenvalue weighted by Crippen LogP contribution is -2.23. The maximum absolute atomic E-state index is 12.8. The first-order chi connectivity index (χ1) is 9.63. The molecule has 22 heavy (non-hydrogen) atoms. The van der Waals surface area contributed by atoms with Gasteiger partial charge in [-0.1, -0.05) is 0 Å². The van der Waals surface area contributed by atoms with E-state index in [9.17, 15) is 44.9 Å². The predicted octanol–water partition coefficient (Wildman–Crippen LogP) is 2.83. The summed E-state index contributed by atoms with van der Waals surface area (Å²) in [7, 11) is -0.616. The largest absolute Gasteiger partial charge is 0.575 e. The minimum absolute atomic E-state index is 0.228. The van der Waals surface area contributed by atoms with Crippen LogP contribution in [0.15, 0.2) is 11.0 Å². The van der Waals surface area contributed by atoms with Crippen molar-refractivity contribution < 1.29 is 44.4 Å².